The van der Waals surface area contributed by atoms with Crippen molar-refractivity contribution in [2.24, 2.45) is 0 Å². The summed E-state index contributed by atoms with van der Waals surface area (Å²) < 4.78 is 11.5. The summed E-state index contributed by atoms with van der Waals surface area (Å²) >= 11 is 0. The highest BCUT2D eigenvalue weighted by Gasteiger charge is 2.07. The SMILES string of the molecule is COc1cc(CNCc2ccccn2)ccc1OCc1ccccc1C.Cl. The lowest BCUT2D eigenvalue weighted by atomic mass is 10.1. The summed E-state index contributed by atoms with van der Waals surface area (Å²) in [6.45, 7) is 4.09. The van der Waals surface area contributed by atoms with Gasteiger partial charge in [0, 0.05) is 19.3 Å². The minimum atomic E-state index is 0. The van der Waals surface area contributed by atoms with Crippen molar-refractivity contribution in [1.29, 1.82) is 0 Å². The van der Waals surface area contributed by atoms with Gasteiger partial charge in [-0.05, 0) is 47.9 Å². The quantitative estimate of drug-likeness (QED) is 0.611. The highest BCUT2D eigenvalue weighted by molar-refractivity contribution is 5.85. The van der Waals surface area contributed by atoms with E-state index < -0.39 is 0 Å². The Morgan fingerprint density at radius 3 is 2.48 bits per heavy atom. The lowest BCUT2D eigenvalue weighted by molar-refractivity contribution is 0.283. The van der Waals surface area contributed by atoms with Crippen molar-refractivity contribution in [3.05, 3.63) is 89.2 Å². The maximum atomic E-state index is 5.97. The van der Waals surface area contributed by atoms with Crippen LogP contribution in [0.3, 0.4) is 0 Å². The molecule has 142 valence electrons. The lowest BCUT2D eigenvalue weighted by Crippen LogP contribution is -2.13. The molecule has 0 aliphatic heterocycles. The Kier molecular flexibility index (Phi) is 8.11. The molecule has 3 aromatic rings. The first kappa shape index (κ1) is 20.7. The Morgan fingerprint density at radius 2 is 1.74 bits per heavy atom. The number of halogens is 1. The summed E-state index contributed by atoms with van der Waals surface area (Å²) in [5, 5.41) is 3.40. The zero-order valence-corrected chi connectivity index (χ0v) is 16.5. The number of aryl methyl sites for hydroxylation is 1. The second kappa shape index (κ2) is 10.6. The van der Waals surface area contributed by atoms with Gasteiger partial charge >= 0.3 is 0 Å². The first-order valence-corrected chi connectivity index (χ1v) is 8.71. The molecule has 0 radical (unpaired) electrons. The van der Waals surface area contributed by atoms with Gasteiger partial charge in [-0.25, -0.2) is 0 Å². The molecule has 0 bridgehead atoms. The zero-order chi connectivity index (χ0) is 18.2. The molecule has 5 heteroatoms. The smallest absolute Gasteiger partial charge is 0.161 e. The molecule has 0 amide bonds. The van der Waals surface area contributed by atoms with Crippen LogP contribution in [0.4, 0.5) is 0 Å². The minimum absolute atomic E-state index is 0. The summed E-state index contributed by atoms with van der Waals surface area (Å²) in [5.74, 6) is 1.50. The molecular weight excluding hydrogens is 360 g/mol. The highest BCUT2D eigenvalue weighted by atomic mass is 35.5. The first-order valence-electron chi connectivity index (χ1n) is 8.71. The Labute approximate surface area is 167 Å². The van der Waals surface area contributed by atoms with Crippen LogP contribution >= 0.6 is 12.4 Å². The Balaban J connectivity index is 0.00000261. The normalized spacial score (nSPS) is 10.1. The number of methoxy groups -OCH3 is 1. The van der Waals surface area contributed by atoms with E-state index in [-0.39, 0.29) is 12.4 Å². The van der Waals surface area contributed by atoms with E-state index >= 15 is 0 Å². The number of benzene rings is 2. The summed E-state index contributed by atoms with van der Waals surface area (Å²) in [7, 11) is 1.67. The van der Waals surface area contributed by atoms with Crippen LogP contribution in [0.2, 0.25) is 0 Å². The van der Waals surface area contributed by atoms with Gasteiger partial charge in [0.05, 0.1) is 12.8 Å². The molecule has 0 atom stereocenters. The number of ether oxygens (including phenoxy) is 2. The maximum Gasteiger partial charge on any atom is 0.161 e. The number of aromatic nitrogens is 1. The molecule has 0 aliphatic carbocycles. The molecule has 0 saturated carbocycles. The summed E-state index contributed by atoms with van der Waals surface area (Å²) in [6.07, 6.45) is 1.81. The third kappa shape index (κ3) is 5.98. The van der Waals surface area contributed by atoms with Crippen molar-refractivity contribution in [3.63, 3.8) is 0 Å². The molecule has 4 nitrogen and oxygen atoms in total. The Hall–Kier alpha value is -2.56. The van der Waals surface area contributed by atoms with Gasteiger partial charge in [0.25, 0.3) is 0 Å². The molecule has 0 aliphatic rings. The minimum Gasteiger partial charge on any atom is -0.493 e. The van der Waals surface area contributed by atoms with Crippen molar-refractivity contribution in [2.75, 3.05) is 7.11 Å². The fourth-order valence-corrected chi connectivity index (χ4v) is 2.71. The maximum absolute atomic E-state index is 5.97. The summed E-state index contributed by atoms with van der Waals surface area (Å²) in [4.78, 5) is 4.31. The highest BCUT2D eigenvalue weighted by Crippen LogP contribution is 2.29. The van der Waals surface area contributed by atoms with Crippen molar-refractivity contribution in [1.82, 2.24) is 10.3 Å². The third-order valence-electron chi connectivity index (χ3n) is 4.23. The molecule has 0 spiro atoms. The van der Waals surface area contributed by atoms with Gasteiger partial charge in [0.15, 0.2) is 11.5 Å². The van der Waals surface area contributed by atoms with Crippen LogP contribution in [-0.2, 0) is 19.7 Å². The van der Waals surface area contributed by atoms with Crippen LogP contribution in [0.5, 0.6) is 11.5 Å². The van der Waals surface area contributed by atoms with Crippen molar-refractivity contribution < 1.29 is 9.47 Å². The molecule has 0 saturated heterocycles. The number of rotatable bonds is 8. The van der Waals surface area contributed by atoms with Crippen LogP contribution in [0.15, 0.2) is 66.9 Å². The molecule has 0 fully saturated rings. The van der Waals surface area contributed by atoms with E-state index in [0.717, 1.165) is 35.8 Å². The fraction of sp³-hybridized carbons (Fsp3) is 0.227. The van der Waals surface area contributed by atoms with E-state index in [9.17, 15) is 0 Å². The predicted molar refractivity (Wildman–Crippen MR) is 111 cm³/mol. The summed E-state index contributed by atoms with van der Waals surface area (Å²) in [6, 6.07) is 20.2. The largest absolute Gasteiger partial charge is 0.493 e. The first-order chi connectivity index (χ1) is 12.8. The van der Waals surface area contributed by atoms with Crippen LogP contribution < -0.4 is 14.8 Å². The van der Waals surface area contributed by atoms with Crippen molar-refractivity contribution in [3.8, 4) is 11.5 Å². The summed E-state index contributed by atoms with van der Waals surface area (Å²) in [5.41, 5.74) is 4.57. The van der Waals surface area contributed by atoms with E-state index in [1.165, 1.54) is 11.1 Å². The van der Waals surface area contributed by atoms with E-state index in [0.29, 0.717) is 6.61 Å². The molecular formula is C22H25ClN2O2. The second-order valence-corrected chi connectivity index (χ2v) is 6.12. The molecule has 1 aromatic heterocycles. The average molecular weight is 385 g/mol. The number of nitrogens with one attached hydrogen (secondary N) is 1. The van der Waals surface area contributed by atoms with Crippen molar-refractivity contribution in [2.45, 2.75) is 26.6 Å². The molecule has 0 unspecified atom stereocenters. The van der Waals surface area contributed by atoms with Gasteiger partial charge in [-0.3, -0.25) is 4.98 Å². The monoisotopic (exact) mass is 384 g/mol. The van der Waals surface area contributed by atoms with Gasteiger partial charge in [0.1, 0.15) is 6.61 Å². The molecule has 3 rings (SSSR count). The topological polar surface area (TPSA) is 43.4 Å². The number of hydrogen-bond acceptors (Lipinski definition) is 4. The van der Waals surface area contributed by atoms with Crippen LogP contribution in [-0.4, -0.2) is 12.1 Å². The number of nitrogens with zero attached hydrogens (tertiary/aromatic N) is 1. The van der Waals surface area contributed by atoms with E-state index in [2.05, 4.69) is 35.4 Å². The average Bonchev–Trinajstić information content (AvgIpc) is 2.68. The Morgan fingerprint density at radius 1 is 0.926 bits per heavy atom. The van der Waals surface area contributed by atoms with Gasteiger partial charge in [-0.15, -0.1) is 12.4 Å². The fourth-order valence-electron chi connectivity index (χ4n) is 2.71. The van der Waals surface area contributed by atoms with Crippen LogP contribution in [0.25, 0.3) is 0 Å². The van der Waals surface area contributed by atoms with Crippen LogP contribution in [0, 0.1) is 6.92 Å². The van der Waals surface area contributed by atoms with Gasteiger partial charge in [-0.2, -0.15) is 0 Å². The standard InChI is InChI=1S/C22H24N2O2.ClH/c1-17-7-3-4-8-19(17)16-26-21-11-10-18(13-22(21)25-2)14-23-15-20-9-5-6-12-24-20;/h3-13,23H,14-16H2,1-2H3;1H. The van der Waals surface area contributed by atoms with Gasteiger partial charge in [-0.1, -0.05) is 36.4 Å². The molecule has 1 heterocycles. The van der Waals surface area contributed by atoms with Crippen molar-refractivity contribution >= 4 is 12.4 Å². The Bertz CT molecular complexity index is 841. The molecule has 2 aromatic carbocycles. The second-order valence-electron chi connectivity index (χ2n) is 6.12. The lowest BCUT2D eigenvalue weighted by Gasteiger charge is -2.13. The van der Waals surface area contributed by atoms with E-state index in [4.69, 9.17) is 9.47 Å². The molecule has 27 heavy (non-hydrogen) atoms. The molecule has 1 N–H and O–H groups in total. The van der Waals surface area contributed by atoms with Gasteiger partial charge < -0.3 is 14.8 Å². The van der Waals surface area contributed by atoms with E-state index in [1.54, 1.807) is 13.3 Å². The van der Waals surface area contributed by atoms with Gasteiger partial charge in [0.2, 0.25) is 0 Å². The number of hydrogen-bond donors (Lipinski definition) is 1. The third-order valence-corrected chi connectivity index (χ3v) is 4.23. The van der Waals surface area contributed by atoms with Crippen LogP contribution in [0.1, 0.15) is 22.4 Å². The zero-order valence-electron chi connectivity index (χ0n) is 15.6. The number of pyridine rings is 1. The van der Waals surface area contributed by atoms with E-state index in [1.807, 2.05) is 42.5 Å². The predicted octanol–water partition coefficient (Wildman–Crippen LogP) is 4.69.